The maximum Gasteiger partial charge on any atom is 0.146 e. The second kappa shape index (κ2) is 4.85. The number of hydrogen-bond acceptors (Lipinski definition) is 3. The average molecular weight is 332 g/mol. The van der Waals surface area contributed by atoms with Crippen LogP contribution in [0.2, 0.25) is 5.15 Å². The van der Waals surface area contributed by atoms with Crippen molar-refractivity contribution in [3.8, 4) is 0 Å². The van der Waals surface area contributed by atoms with E-state index in [1.165, 1.54) is 0 Å². The number of hydrogen-bond donors (Lipinski definition) is 0. The predicted molar refractivity (Wildman–Crippen MR) is 66.8 cm³/mol. The summed E-state index contributed by atoms with van der Waals surface area (Å²) in [4.78, 5) is 12.4. The van der Waals surface area contributed by atoms with Gasteiger partial charge in [0.05, 0.1) is 3.57 Å². The van der Waals surface area contributed by atoms with Crippen molar-refractivity contribution in [2.24, 2.45) is 0 Å². The molecular formula is C10H7ClIN3. The third kappa shape index (κ3) is 2.85. The van der Waals surface area contributed by atoms with Crippen LogP contribution in [0.25, 0.3) is 0 Å². The van der Waals surface area contributed by atoms with Crippen LogP contribution < -0.4 is 0 Å². The van der Waals surface area contributed by atoms with Crippen molar-refractivity contribution in [3.05, 3.63) is 50.8 Å². The summed E-state index contributed by atoms with van der Waals surface area (Å²) >= 11 is 8.01. The van der Waals surface area contributed by atoms with Crippen LogP contribution in [0.5, 0.6) is 0 Å². The molecule has 0 aliphatic carbocycles. The normalized spacial score (nSPS) is 10.3. The second-order valence-electron chi connectivity index (χ2n) is 2.96. The van der Waals surface area contributed by atoms with Crippen LogP contribution in [0.3, 0.4) is 0 Å². The van der Waals surface area contributed by atoms with Crippen molar-refractivity contribution in [1.82, 2.24) is 15.0 Å². The van der Waals surface area contributed by atoms with E-state index in [1.54, 1.807) is 18.6 Å². The molecule has 0 unspecified atom stereocenters. The Kier molecular flexibility index (Phi) is 3.48. The van der Waals surface area contributed by atoms with Gasteiger partial charge in [0.2, 0.25) is 0 Å². The number of rotatable bonds is 2. The summed E-state index contributed by atoms with van der Waals surface area (Å²) < 4.78 is 0.868. The van der Waals surface area contributed by atoms with Crippen molar-refractivity contribution in [1.29, 1.82) is 0 Å². The van der Waals surface area contributed by atoms with Gasteiger partial charge < -0.3 is 0 Å². The Balaban J connectivity index is 2.22. The van der Waals surface area contributed by atoms with Gasteiger partial charge in [-0.1, -0.05) is 11.6 Å². The maximum absolute atomic E-state index is 5.91. The fourth-order valence-electron chi connectivity index (χ4n) is 1.15. The minimum atomic E-state index is 0.509. The van der Waals surface area contributed by atoms with E-state index in [0.29, 0.717) is 11.6 Å². The summed E-state index contributed by atoms with van der Waals surface area (Å²) in [5.41, 5.74) is 1.13. The molecule has 0 saturated carbocycles. The molecule has 5 heteroatoms. The molecule has 3 nitrogen and oxygen atoms in total. The Labute approximate surface area is 106 Å². The molecular weight excluding hydrogens is 324 g/mol. The third-order valence-electron chi connectivity index (χ3n) is 1.86. The molecule has 0 aromatic carbocycles. The van der Waals surface area contributed by atoms with E-state index in [4.69, 9.17) is 11.6 Å². The number of nitrogens with zero attached hydrogens (tertiary/aromatic N) is 3. The van der Waals surface area contributed by atoms with Crippen LogP contribution in [-0.2, 0) is 6.42 Å². The lowest BCUT2D eigenvalue weighted by atomic mass is 10.2. The fraction of sp³-hybridized carbons (Fsp3) is 0.100. The van der Waals surface area contributed by atoms with Crippen molar-refractivity contribution in [2.45, 2.75) is 6.42 Å². The zero-order valence-corrected chi connectivity index (χ0v) is 10.6. The maximum atomic E-state index is 5.91. The Morgan fingerprint density at radius 1 is 1.27 bits per heavy atom. The topological polar surface area (TPSA) is 38.7 Å². The molecule has 0 atom stereocenters. The van der Waals surface area contributed by atoms with E-state index in [0.717, 1.165) is 15.0 Å². The molecule has 0 saturated heterocycles. The zero-order valence-electron chi connectivity index (χ0n) is 7.69. The lowest BCUT2D eigenvalue weighted by Crippen LogP contribution is -1.97. The van der Waals surface area contributed by atoms with E-state index in [9.17, 15) is 0 Å². The van der Waals surface area contributed by atoms with Gasteiger partial charge in [0.25, 0.3) is 0 Å². The molecule has 2 heterocycles. The molecule has 76 valence electrons. The monoisotopic (exact) mass is 331 g/mol. The highest BCUT2D eigenvalue weighted by atomic mass is 127. The zero-order chi connectivity index (χ0) is 10.7. The Morgan fingerprint density at radius 3 is 2.67 bits per heavy atom. The van der Waals surface area contributed by atoms with Gasteiger partial charge >= 0.3 is 0 Å². The van der Waals surface area contributed by atoms with Gasteiger partial charge in [-0.05, 0) is 40.3 Å². The first-order valence-electron chi connectivity index (χ1n) is 4.31. The van der Waals surface area contributed by atoms with Gasteiger partial charge in [-0.25, -0.2) is 9.97 Å². The highest BCUT2D eigenvalue weighted by Crippen LogP contribution is 2.15. The Morgan fingerprint density at radius 2 is 2.00 bits per heavy atom. The number of aromatic nitrogens is 3. The molecule has 2 aromatic heterocycles. The first kappa shape index (κ1) is 10.8. The summed E-state index contributed by atoms with van der Waals surface area (Å²) in [6.07, 6.45) is 5.92. The summed E-state index contributed by atoms with van der Waals surface area (Å²) in [5, 5.41) is 0.509. The predicted octanol–water partition coefficient (Wildman–Crippen LogP) is 2.72. The van der Waals surface area contributed by atoms with Gasteiger partial charge in [0, 0.05) is 25.0 Å². The smallest absolute Gasteiger partial charge is 0.146 e. The van der Waals surface area contributed by atoms with Gasteiger partial charge in [-0.15, -0.1) is 0 Å². The first-order valence-corrected chi connectivity index (χ1v) is 5.77. The number of halogens is 2. The van der Waals surface area contributed by atoms with Gasteiger partial charge in [0.1, 0.15) is 11.0 Å². The summed E-state index contributed by atoms with van der Waals surface area (Å²) in [7, 11) is 0. The van der Waals surface area contributed by atoms with Gasteiger partial charge in [-0.3, -0.25) is 4.98 Å². The Hall–Kier alpha value is -0.750. The van der Waals surface area contributed by atoms with Crippen molar-refractivity contribution >= 4 is 34.2 Å². The molecule has 0 bridgehead atoms. The molecule has 0 aliphatic heterocycles. The lowest BCUT2D eigenvalue weighted by Gasteiger charge is -2.01. The quantitative estimate of drug-likeness (QED) is 0.627. The second-order valence-corrected chi connectivity index (χ2v) is 4.48. The van der Waals surface area contributed by atoms with Crippen molar-refractivity contribution in [3.63, 3.8) is 0 Å². The minimum Gasteiger partial charge on any atom is -0.265 e. The van der Waals surface area contributed by atoms with Crippen LogP contribution in [0.4, 0.5) is 0 Å². The SMILES string of the molecule is Clc1nc(Cc2ccncc2)ncc1I. The molecule has 0 radical (unpaired) electrons. The Bertz CT molecular complexity index is 461. The molecule has 0 aliphatic rings. The van der Waals surface area contributed by atoms with E-state index in [2.05, 4.69) is 37.5 Å². The highest BCUT2D eigenvalue weighted by molar-refractivity contribution is 14.1. The standard InChI is InChI=1S/C10H7ClIN3/c11-10-8(12)6-14-9(15-10)5-7-1-3-13-4-2-7/h1-4,6H,5H2. The molecule has 15 heavy (non-hydrogen) atoms. The van der Waals surface area contributed by atoms with Gasteiger partial charge in [-0.2, -0.15) is 0 Å². The largest absolute Gasteiger partial charge is 0.265 e. The fourth-order valence-corrected chi connectivity index (χ4v) is 1.55. The van der Waals surface area contributed by atoms with Crippen molar-refractivity contribution in [2.75, 3.05) is 0 Å². The number of pyridine rings is 1. The molecule has 0 fully saturated rings. The molecule has 2 aromatic rings. The van der Waals surface area contributed by atoms with E-state index in [1.807, 2.05) is 12.1 Å². The first-order chi connectivity index (χ1) is 7.25. The summed E-state index contributed by atoms with van der Waals surface area (Å²) in [5.74, 6) is 0.728. The molecule has 0 amide bonds. The van der Waals surface area contributed by atoms with E-state index in [-0.39, 0.29) is 0 Å². The van der Waals surface area contributed by atoms with Crippen LogP contribution in [0.15, 0.2) is 30.7 Å². The summed E-state index contributed by atoms with van der Waals surface area (Å²) in [6.45, 7) is 0. The third-order valence-corrected chi connectivity index (χ3v) is 3.26. The highest BCUT2D eigenvalue weighted by Gasteiger charge is 2.03. The summed E-state index contributed by atoms with van der Waals surface area (Å²) in [6, 6.07) is 3.88. The van der Waals surface area contributed by atoms with Gasteiger partial charge in [0.15, 0.2) is 0 Å². The minimum absolute atomic E-state index is 0.509. The van der Waals surface area contributed by atoms with Crippen LogP contribution in [0.1, 0.15) is 11.4 Å². The van der Waals surface area contributed by atoms with E-state index >= 15 is 0 Å². The van der Waals surface area contributed by atoms with Crippen LogP contribution >= 0.6 is 34.2 Å². The molecule has 0 N–H and O–H groups in total. The van der Waals surface area contributed by atoms with E-state index < -0.39 is 0 Å². The molecule has 2 rings (SSSR count). The van der Waals surface area contributed by atoms with Crippen molar-refractivity contribution < 1.29 is 0 Å². The average Bonchev–Trinajstić information content (AvgIpc) is 2.25. The van der Waals surface area contributed by atoms with Crippen LogP contribution in [-0.4, -0.2) is 15.0 Å². The molecule has 0 spiro atoms. The lowest BCUT2D eigenvalue weighted by molar-refractivity contribution is 0.958. The van der Waals surface area contributed by atoms with Crippen LogP contribution in [0, 0.1) is 3.57 Å².